The molecule has 2 saturated heterocycles. The summed E-state index contributed by atoms with van der Waals surface area (Å²) in [6.45, 7) is 6.08. The number of nitrogens with zero attached hydrogens (tertiary/aromatic N) is 4. The lowest BCUT2D eigenvalue weighted by Gasteiger charge is -2.35. The summed E-state index contributed by atoms with van der Waals surface area (Å²) in [6, 6.07) is 4.59. The first-order valence-electron chi connectivity index (χ1n) is 9.00. The van der Waals surface area contributed by atoms with Gasteiger partial charge in [-0.2, -0.15) is 0 Å². The first kappa shape index (κ1) is 18.3. The Labute approximate surface area is 152 Å². The minimum Gasteiger partial charge on any atom is -0.342 e. The molecular formula is C18H24N4O4. The molecule has 0 aliphatic carbocycles. The van der Waals surface area contributed by atoms with Gasteiger partial charge in [0.25, 0.3) is 11.6 Å². The molecule has 26 heavy (non-hydrogen) atoms. The van der Waals surface area contributed by atoms with E-state index in [1.54, 1.807) is 24.0 Å². The largest absolute Gasteiger partial charge is 0.342 e. The summed E-state index contributed by atoms with van der Waals surface area (Å²) in [4.78, 5) is 41.1. The third-order valence-corrected chi connectivity index (χ3v) is 5.13. The van der Waals surface area contributed by atoms with Crippen LogP contribution >= 0.6 is 0 Å². The summed E-state index contributed by atoms with van der Waals surface area (Å²) in [7, 11) is 0. The van der Waals surface area contributed by atoms with E-state index in [0.29, 0.717) is 43.9 Å². The van der Waals surface area contributed by atoms with Gasteiger partial charge in [-0.3, -0.25) is 24.6 Å². The van der Waals surface area contributed by atoms with Gasteiger partial charge in [-0.1, -0.05) is 6.07 Å². The van der Waals surface area contributed by atoms with Crippen molar-refractivity contribution in [2.75, 3.05) is 45.8 Å². The van der Waals surface area contributed by atoms with E-state index in [2.05, 4.69) is 4.90 Å². The first-order valence-corrected chi connectivity index (χ1v) is 9.00. The standard InChI is InChI=1S/C18H24N4O4/c1-14-4-5-15(12-16(14)22(25)26)18(24)21-10-8-19(9-11-21)13-17(23)20-6-2-3-7-20/h4-5,12H,2-3,6-11,13H2,1H3. The molecule has 8 nitrogen and oxygen atoms in total. The molecule has 0 N–H and O–H groups in total. The number of hydrogen-bond acceptors (Lipinski definition) is 5. The molecule has 1 aromatic carbocycles. The van der Waals surface area contributed by atoms with Crippen molar-refractivity contribution in [2.45, 2.75) is 19.8 Å². The summed E-state index contributed by atoms with van der Waals surface area (Å²) in [5.41, 5.74) is 0.839. The van der Waals surface area contributed by atoms with E-state index < -0.39 is 4.92 Å². The SMILES string of the molecule is Cc1ccc(C(=O)N2CCN(CC(=O)N3CCCC3)CC2)cc1[N+](=O)[O-]. The Bertz CT molecular complexity index is 707. The van der Waals surface area contributed by atoms with Crippen molar-refractivity contribution >= 4 is 17.5 Å². The molecule has 0 aromatic heterocycles. The van der Waals surface area contributed by atoms with Gasteiger partial charge in [-0.25, -0.2) is 0 Å². The number of likely N-dealkylation sites (tertiary alicyclic amines) is 1. The van der Waals surface area contributed by atoms with Crippen LogP contribution in [0.15, 0.2) is 18.2 Å². The van der Waals surface area contributed by atoms with Crippen molar-refractivity contribution in [1.29, 1.82) is 0 Å². The number of piperazine rings is 1. The average Bonchev–Trinajstić information content (AvgIpc) is 3.17. The summed E-state index contributed by atoms with van der Waals surface area (Å²) in [5.74, 6) is -0.0324. The van der Waals surface area contributed by atoms with E-state index >= 15 is 0 Å². The van der Waals surface area contributed by atoms with E-state index in [1.807, 2.05) is 4.90 Å². The smallest absolute Gasteiger partial charge is 0.273 e. The fraction of sp³-hybridized carbons (Fsp3) is 0.556. The molecule has 0 unspecified atom stereocenters. The molecule has 3 rings (SSSR count). The second-order valence-electron chi connectivity index (χ2n) is 6.91. The van der Waals surface area contributed by atoms with Crippen LogP contribution in [-0.2, 0) is 4.79 Å². The van der Waals surface area contributed by atoms with Crippen LogP contribution in [-0.4, -0.2) is 77.3 Å². The molecule has 0 radical (unpaired) electrons. The number of benzene rings is 1. The number of hydrogen-bond donors (Lipinski definition) is 0. The van der Waals surface area contributed by atoms with E-state index in [1.165, 1.54) is 6.07 Å². The molecule has 0 spiro atoms. The van der Waals surface area contributed by atoms with E-state index in [-0.39, 0.29) is 17.5 Å². The highest BCUT2D eigenvalue weighted by Gasteiger charge is 2.26. The third kappa shape index (κ3) is 4.01. The van der Waals surface area contributed by atoms with Crippen LogP contribution in [0.4, 0.5) is 5.69 Å². The maximum Gasteiger partial charge on any atom is 0.273 e. The normalized spacial score (nSPS) is 18.2. The Balaban J connectivity index is 1.56. The topological polar surface area (TPSA) is 87.0 Å². The molecule has 2 amide bonds. The fourth-order valence-corrected chi connectivity index (χ4v) is 3.49. The molecular weight excluding hydrogens is 336 g/mol. The van der Waals surface area contributed by atoms with E-state index in [0.717, 1.165) is 25.9 Å². The molecule has 1 aromatic rings. The van der Waals surface area contributed by atoms with Gasteiger partial charge in [-0.05, 0) is 25.8 Å². The zero-order chi connectivity index (χ0) is 18.7. The minimum atomic E-state index is -0.464. The molecule has 0 saturated carbocycles. The zero-order valence-corrected chi connectivity index (χ0v) is 15.0. The Hall–Kier alpha value is -2.48. The molecule has 2 fully saturated rings. The monoisotopic (exact) mass is 360 g/mol. The number of rotatable bonds is 4. The number of carbonyl (C=O) groups is 2. The van der Waals surface area contributed by atoms with Crippen LogP contribution in [0.5, 0.6) is 0 Å². The number of amides is 2. The van der Waals surface area contributed by atoms with Crippen LogP contribution in [0.25, 0.3) is 0 Å². The van der Waals surface area contributed by atoms with Crippen molar-refractivity contribution in [2.24, 2.45) is 0 Å². The van der Waals surface area contributed by atoms with E-state index in [4.69, 9.17) is 0 Å². The van der Waals surface area contributed by atoms with Gasteiger partial charge in [0, 0.05) is 56.5 Å². The second kappa shape index (κ2) is 7.82. The highest BCUT2D eigenvalue weighted by molar-refractivity contribution is 5.95. The minimum absolute atomic E-state index is 0.0364. The van der Waals surface area contributed by atoms with Gasteiger partial charge in [0.05, 0.1) is 11.5 Å². The Morgan fingerprint density at radius 2 is 1.69 bits per heavy atom. The number of aryl methyl sites for hydroxylation is 1. The van der Waals surface area contributed by atoms with Gasteiger partial charge in [0.2, 0.25) is 5.91 Å². The Morgan fingerprint density at radius 3 is 2.31 bits per heavy atom. The van der Waals surface area contributed by atoms with Gasteiger partial charge >= 0.3 is 0 Å². The molecule has 8 heteroatoms. The molecule has 2 heterocycles. The quantitative estimate of drug-likeness (QED) is 0.596. The van der Waals surface area contributed by atoms with Crippen LogP contribution in [0, 0.1) is 17.0 Å². The predicted octanol–water partition coefficient (Wildman–Crippen LogP) is 1.28. The predicted molar refractivity (Wildman–Crippen MR) is 96.0 cm³/mol. The third-order valence-electron chi connectivity index (χ3n) is 5.13. The summed E-state index contributed by atoms with van der Waals surface area (Å²) in [6.07, 6.45) is 2.16. The van der Waals surface area contributed by atoms with Gasteiger partial charge in [-0.15, -0.1) is 0 Å². The number of carbonyl (C=O) groups excluding carboxylic acids is 2. The highest BCUT2D eigenvalue weighted by atomic mass is 16.6. The van der Waals surface area contributed by atoms with Crippen LogP contribution in [0.1, 0.15) is 28.8 Å². The summed E-state index contributed by atoms with van der Waals surface area (Å²) in [5, 5.41) is 11.1. The van der Waals surface area contributed by atoms with Crippen molar-refractivity contribution < 1.29 is 14.5 Å². The summed E-state index contributed by atoms with van der Waals surface area (Å²) >= 11 is 0. The van der Waals surface area contributed by atoms with Crippen molar-refractivity contribution in [1.82, 2.24) is 14.7 Å². The Morgan fingerprint density at radius 1 is 1.04 bits per heavy atom. The van der Waals surface area contributed by atoms with Gasteiger partial charge in [0.1, 0.15) is 0 Å². The van der Waals surface area contributed by atoms with E-state index in [9.17, 15) is 19.7 Å². The number of nitro groups is 1. The lowest BCUT2D eigenvalue weighted by molar-refractivity contribution is -0.385. The summed E-state index contributed by atoms with van der Waals surface area (Å²) < 4.78 is 0. The zero-order valence-electron chi connectivity index (χ0n) is 15.0. The maximum atomic E-state index is 12.6. The molecule has 0 bridgehead atoms. The van der Waals surface area contributed by atoms with Crippen LogP contribution in [0.2, 0.25) is 0 Å². The number of nitro benzene ring substituents is 1. The highest BCUT2D eigenvalue weighted by Crippen LogP contribution is 2.20. The van der Waals surface area contributed by atoms with Crippen molar-refractivity contribution in [3.63, 3.8) is 0 Å². The second-order valence-corrected chi connectivity index (χ2v) is 6.91. The lowest BCUT2D eigenvalue weighted by Crippen LogP contribution is -2.51. The molecule has 140 valence electrons. The maximum absolute atomic E-state index is 12.6. The molecule has 0 atom stereocenters. The first-order chi connectivity index (χ1) is 12.5. The van der Waals surface area contributed by atoms with Crippen LogP contribution < -0.4 is 0 Å². The lowest BCUT2D eigenvalue weighted by atomic mass is 10.1. The van der Waals surface area contributed by atoms with Crippen molar-refractivity contribution in [3.05, 3.63) is 39.4 Å². The fourth-order valence-electron chi connectivity index (χ4n) is 3.49. The Kier molecular flexibility index (Phi) is 5.51. The molecule has 2 aliphatic rings. The van der Waals surface area contributed by atoms with Gasteiger partial charge in [0.15, 0.2) is 0 Å². The average molecular weight is 360 g/mol. The van der Waals surface area contributed by atoms with Crippen LogP contribution in [0.3, 0.4) is 0 Å². The van der Waals surface area contributed by atoms with Gasteiger partial charge < -0.3 is 9.80 Å². The van der Waals surface area contributed by atoms with Crippen molar-refractivity contribution in [3.8, 4) is 0 Å². The molecule has 2 aliphatic heterocycles.